The molecule has 96 valence electrons. The Morgan fingerprint density at radius 3 is 1.94 bits per heavy atom. The van der Waals surface area contributed by atoms with E-state index in [4.69, 9.17) is 19.6 Å². The first-order valence-corrected chi connectivity index (χ1v) is 6.26. The van der Waals surface area contributed by atoms with E-state index in [1.807, 2.05) is 6.07 Å². The predicted molar refractivity (Wildman–Crippen MR) is 66.2 cm³/mol. The van der Waals surface area contributed by atoms with E-state index in [0.29, 0.717) is 5.39 Å². The van der Waals surface area contributed by atoms with Crippen molar-refractivity contribution in [2.45, 2.75) is 4.90 Å². The summed E-state index contributed by atoms with van der Waals surface area (Å²) in [4.78, 5) is -0.0457. The Morgan fingerprint density at radius 1 is 0.889 bits per heavy atom. The van der Waals surface area contributed by atoms with Crippen LogP contribution in [-0.2, 0) is 10.1 Å². The number of rotatable bonds is 1. The summed E-state index contributed by atoms with van der Waals surface area (Å²) in [6.07, 6.45) is 0. The molecular formula is C10H11BO6S. The maximum absolute atomic E-state index is 11.0. The zero-order valence-electron chi connectivity index (χ0n) is 9.13. The second-order valence-electron chi connectivity index (χ2n) is 3.30. The minimum atomic E-state index is -4.13. The average molecular weight is 270 g/mol. The van der Waals surface area contributed by atoms with Gasteiger partial charge in [-0.1, -0.05) is 36.4 Å². The van der Waals surface area contributed by atoms with Crippen molar-refractivity contribution < 1.29 is 28.0 Å². The lowest BCUT2D eigenvalue weighted by Gasteiger charge is -2.02. The molecule has 0 unspecified atom stereocenters. The molecule has 2 aromatic carbocycles. The van der Waals surface area contributed by atoms with E-state index in [0.717, 1.165) is 5.39 Å². The third-order valence-electron chi connectivity index (χ3n) is 2.03. The summed E-state index contributed by atoms with van der Waals surface area (Å²) in [5.41, 5.74) is 0. The van der Waals surface area contributed by atoms with E-state index < -0.39 is 17.4 Å². The fraction of sp³-hybridized carbons (Fsp3) is 0. The lowest BCUT2D eigenvalue weighted by Crippen LogP contribution is -2.07. The maximum Gasteiger partial charge on any atom is 0.631 e. The highest BCUT2D eigenvalue weighted by molar-refractivity contribution is 7.86. The average Bonchev–Trinajstić information content (AvgIpc) is 2.26. The Bertz CT molecular complexity index is 617. The molecule has 0 heterocycles. The van der Waals surface area contributed by atoms with E-state index in [1.165, 1.54) is 6.07 Å². The topological polar surface area (TPSA) is 115 Å². The predicted octanol–water partition coefficient (Wildman–Crippen LogP) is 0.0347. The number of hydrogen-bond acceptors (Lipinski definition) is 5. The van der Waals surface area contributed by atoms with Gasteiger partial charge in [0.1, 0.15) is 4.90 Å². The first-order chi connectivity index (χ1) is 8.32. The molecule has 4 N–H and O–H groups in total. The van der Waals surface area contributed by atoms with Gasteiger partial charge in [-0.3, -0.25) is 4.55 Å². The monoisotopic (exact) mass is 270 g/mol. The van der Waals surface area contributed by atoms with Crippen molar-refractivity contribution in [3.63, 3.8) is 0 Å². The Kier molecular flexibility index (Phi) is 4.82. The van der Waals surface area contributed by atoms with Crippen LogP contribution in [0.15, 0.2) is 47.4 Å². The molecule has 0 saturated heterocycles. The zero-order chi connectivity index (χ0) is 13.8. The Hall–Kier alpha value is -1.45. The van der Waals surface area contributed by atoms with Crippen LogP contribution in [-0.4, -0.2) is 35.4 Å². The van der Waals surface area contributed by atoms with E-state index in [9.17, 15) is 8.42 Å². The summed E-state index contributed by atoms with van der Waals surface area (Å²) < 4.78 is 31.0. The van der Waals surface area contributed by atoms with E-state index in [1.54, 1.807) is 30.3 Å². The summed E-state index contributed by atoms with van der Waals surface area (Å²) in [6, 6.07) is 11.8. The second kappa shape index (κ2) is 5.94. The molecule has 0 aliphatic heterocycles. The van der Waals surface area contributed by atoms with Crippen LogP contribution in [0.1, 0.15) is 0 Å². The van der Waals surface area contributed by atoms with E-state index in [-0.39, 0.29) is 4.90 Å². The lowest BCUT2D eigenvalue weighted by atomic mass is 10.1. The molecule has 0 bridgehead atoms. The van der Waals surface area contributed by atoms with Crippen LogP contribution in [0.5, 0.6) is 0 Å². The van der Waals surface area contributed by atoms with Gasteiger partial charge in [-0.05, 0) is 11.5 Å². The third-order valence-corrected chi connectivity index (χ3v) is 2.94. The molecule has 0 amide bonds. The van der Waals surface area contributed by atoms with Crippen molar-refractivity contribution >= 4 is 28.2 Å². The smallest absolute Gasteiger partial charge is 0.402 e. The highest BCUT2D eigenvalue weighted by Gasteiger charge is 2.12. The largest absolute Gasteiger partial charge is 0.631 e. The SMILES string of the molecule is O=S(=O)(O)c1cccc2ccccc12.OB(O)O. The molecule has 0 saturated carbocycles. The summed E-state index contributed by atoms with van der Waals surface area (Å²) in [7, 11) is -6.30. The van der Waals surface area contributed by atoms with Crippen molar-refractivity contribution in [2.24, 2.45) is 0 Å². The van der Waals surface area contributed by atoms with Gasteiger partial charge >= 0.3 is 7.32 Å². The van der Waals surface area contributed by atoms with Gasteiger partial charge in [0.05, 0.1) is 0 Å². The summed E-state index contributed by atoms with van der Waals surface area (Å²) >= 11 is 0. The molecule has 2 rings (SSSR count). The fourth-order valence-corrected chi connectivity index (χ4v) is 2.13. The Morgan fingerprint density at radius 2 is 1.39 bits per heavy atom. The first kappa shape index (κ1) is 14.6. The molecule has 0 aliphatic rings. The number of benzene rings is 2. The van der Waals surface area contributed by atoms with Crippen LogP contribution >= 0.6 is 0 Å². The second-order valence-corrected chi connectivity index (χ2v) is 4.69. The minimum absolute atomic E-state index is 0.0457. The van der Waals surface area contributed by atoms with Crippen LogP contribution in [0.4, 0.5) is 0 Å². The van der Waals surface area contributed by atoms with Gasteiger partial charge in [0.15, 0.2) is 0 Å². The maximum atomic E-state index is 11.0. The van der Waals surface area contributed by atoms with Crippen molar-refractivity contribution in [3.05, 3.63) is 42.5 Å². The molecule has 18 heavy (non-hydrogen) atoms. The van der Waals surface area contributed by atoms with Crippen molar-refractivity contribution in [3.8, 4) is 0 Å². The van der Waals surface area contributed by atoms with Crippen LogP contribution in [0.2, 0.25) is 0 Å². The van der Waals surface area contributed by atoms with Gasteiger partial charge in [-0.2, -0.15) is 8.42 Å². The molecule has 0 radical (unpaired) electrons. The Balaban J connectivity index is 0.000000357. The molecule has 0 spiro atoms. The summed E-state index contributed by atoms with van der Waals surface area (Å²) in [6.45, 7) is 0. The molecule has 6 nitrogen and oxygen atoms in total. The van der Waals surface area contributed by atoms with Crippen LogP contribution in [0.25, 0.3) is 10.8 Å². The van der Waals surface area contributed by atoms with Gasteiger partial charge < -0.3 is 15.1 Å². The summed E-state index contributed by atoms with van der Waals surface area (Å²) in [5.74, 6) is 0. The van der Waals surface area contributed by atoms with Gasteiger partial charge in [0.25, 0.3) is 10.1 Å². The fourth-order valence-electron chi connectivity index (χ4n) is 1.42. The highest BCUT2D eigenvalue weighted by atomic mass is 32.2. The number of hydrogen-bond donors (Lipinski definition) is 4. The van der Waals surface area contributed by atoms with Crippen LogP contribution < -0.4 is 0 Å². The molecular weight excluding hydrogens is 259 g/mol. The van der Waals surface area contributed by atoms with Gasteiger partial charge in [-0.25, -0.2) is 0 Å². The van der Waals surface area contributed by atoms with Gasteiger partial charge in [0.2, 0.25) is 0 Å². The van der Waals surface area contributed by atoms with Crippen molar-refractivity contribution in [2.75, 3.05) is 0 Å². The zero-order valence-corrected chi connectivity index (χ0v) is 9.95. The third kappa shape index (κ3) is 4.10. The molecule has 0 aliphatic carbocycles. The molecule has 0 atom stereocenters. The van der Waals surface area contributed by atoms with Crippen LogP contribution in [0, 0.1) is 0 Å². The minimum Gasteiger partial charge on any atom is -0.402 e. The molecule has 8 heteroatoms. The van der Waals surface area contributed by atoms with Gasteiger partial charge in [-0.15, -0.1) is 0 Å². The highest BCUT2D eigenvalue weighted by Crippen LogP contribution is 2.21. The molecule has 2 aromatic rings. The lowest BCUT2D eigenvalue weighted by molar-refractivity contribution is 0.278. The van der Waals surface area contributed by atoms with Crippen molar-refractivity contribution in [1.29, 1.82) is 0 Å². The standard InChI is InChI=1S/C10H8O3S.BH3O3/c11-14(12,13)10-7-3-5-8-4-1-2-6-9(8)10;2-1(3)4/h1-7H,(H,11,12,13);2-4H. The number of fused-ring (bicyclic) bond motifs is 1. The van der Waals surface area contributed by atoms with Crippen molar-refractivity contribution in [1.82, 2.24) is 0 Å². The van der Waals surface area contributed by atoms with E-state index >= 15 is 0 Å². The van der Waals surface area contributed by atoms with Gasteiger partial charge in [0, 0.05) is 5.39 Å². The van der Waals surface area contributed by atoms with Crippen LogP contribution in [0.3, 0.4) is 0 Å². The molecule has 0 fully saturated rings. The molecule has 0 aromatic heterocycles. The van der Waals surface area contributed by atoms with E-state index in [2.05, 4.69) is 0 Å². The summed E-state index contributed by atoms with van der Waals surface area (Å²) in [5, 5.41) is 22.8. The first-order valence-electron chi connectivity index (χ1n) is 4.82. The quantitative estimate of drug-likeness (QED) is 0.429. The Labute approximate surface area is 104 Å². The normalized spacial score (nSPS) is 10.7.